The minimum Gasteiger partial charge on any atom is -0.362 e. The average molecular weight is 283 g/mol. The van der Waals surface area contributed by atoms with Gasteiger partial charge in [0, 0.05) is 26.0 Å². The number of aromatic nitrogens is 1. The van der Waals surface area contributed by atoms with Gasteiger partial charge in [0.1, 0.15) is 5.82 Å². The Morgan fingerprint density at radius 2 is 2.00 bits per heavy atom. The number of carbonyl (C=O) groups excluding carboxylic acids is 1. The van der Waals surface area contributed by atoms with E-state index in [9.17, 15) is 4.79 Å². The quantitative estimate of drug-likeness (QED) is 0.936. The molecular weight excluding hydrogens is 262 g/mol. The highest BCUT2D eigenvalue weighted by atomic mass is 16.1. The minimum atomic E-state index is -0.129. The van der Waals surface area contributed by atoms with Crippen LogP contribution in [0.1, 0.15) is 28.4 Å². The number of pyridine rings is 1. The third-order valence-electron chi connectivity index (χ3n) is 3.43. The molecule has 0 atom stereocenters. The van der Waals surface area contributed by atoms with Gasteiger partial charge in [-0.25, -0.2) is 4.98 Å². The van der Waals surface area contributed by atoms with E-state index in [0.29, 0.717) is 11.4 Å². The van der Waals surface area contributed by atoms with Crippen molar-refractivity contribution in [2.24, 2.45) is 0 Å². The van der Waals surface area contributed by atoms with Gasteiger partial charge in [0.05, 0.1) is 5.56 Å². The molecule has 0 spiro atoms. The van der Waals surface area contributed by atoms with E-state index in [1.54, 1.807) is 18.3 Å². The second-order valence-corrected chi connectivity index (χ2v) is 5.19. The summed E-state index contributed by atoms with van der Waals surface area (Å²) in [4.78, 5) is 18.7. The van der Waals surface area contributed by atoms with Crippen LogP contribution in [0.5, 0.6) is 0 Å². The Balaban J connectivity index is 2.35. The van der Waals surface area contributed by atoms with Crippen molar-refractivity contribution in [3.05, 3.63) is 53.2 Å². The number of nitrogens with zero attached hydrogens (tertiary/aromatic N) is 2. The monoisotopic (exact) mass is 283 g/mol. The second kappa shape index (κ2) is 6.39. The maximum atomic E-state index is 12.6. The van der Waals surface area contributed by atoms with Crippen LogP contribution in [0.2, 0.25) is 0 Å². The molecule has 1 aromatic heterocycles. The van der Waals surface area contributed by atoms with Crippen LogP contribution in [-0.2, 0) is 6.42 Å². The topological polar surface area (TPSA) is 45.2 Å². The zero-order chi connectivity index (χ0) is 15.4. The Kier molecular flexibility index (Phi) is 4.58. The van der Waals surface area contributed by atoms with Gasteiger partial charge in [-0.15, -0.1) is 0 Å². The van der Waals surface area contributed by atoms with Crippen LogP contribution in [-0.4, -0.2) is 25.0 Å². The molecule has 4 heteroatoms. The van der Waals surface area contributed by atoms with E-state index >= 15 is 0 Å². The number of hydrogen-bond acceptors (Lipinski definition) is 3. The number of benzene rings is 1. The molecule has 2 aromatic rings. The first-order valence-electron chi connectivity index (χ1n) is 7.06. The van der Waals surface area contributed by atoms with Gasteiger partial charge in [0.25, 0.3) is 5.91 Å². The van der Waals surface area contributed by atoms with E-state index in [4.69, 9.17) is 0 Å². The Bertz CT molecular complexity index is 650. The molecule has 0 aliphatic rings. The largest absolute Gasteiger partial charge is 0.362 e. The van der Waals surface area contributed by atoms with Crippen LogP contribution >= 0.6 is 0 Å². The summed E-state index contributed by atoms with van der Waals surface area (Å²) in [5.74, 6) is 0.539. The predicted octanol–water partition coefficient (Wildman–Crippen LogP) is 3.27. The Hall–Kier alpha value is -2.36. The molecule has 0 aliphatic heterocycles. The summed E-state index contributed by atoms with van der Waals surface area (Å²) in [6, 6.07) is 9.63. The predicted molar refractivity (Wildman–Crippen MR) is 87.1 cm³/mol. The fourth-order valence-electron chi connectivity index (χ4n) is 2.31. The van der Waals surface area contributed by atoms with E-state index in [1.165, 1.54) is 0 Å². The summed E-state index contributed by atoms with van der Waals surface area (Å²) in [6.45, 7) is 4.09. The number of para-hydroxylation sites is 1. The Morgan fingerprint density at radius 3 is 2.67 bits per heavy atom. The van der Waals surface area contributed by atoms with E-state index in [1.807, 2.05) is 44.1 Å². The third-order valence-corrected chi connectivity index (χ3v) is 3.43. The number of anilines is 2. The van der Waals surface area contributed by atoms with Crippen LogP contribution < -0.4 is 10.2 Å². The van der Waals surface area contributed by atoms with Crippen molar-refractivity contribution in [3.8, 4) is 0 Å². The fourth-order valence-corrected chi connectivity index (χ4v) is 2.31. The molecule has 110 valence electrons. The number of aryl methyl sites for hydroxylation is 2. The summed E-state index contributed by atoms with van der Waals surface area (Å²) in [6.07, 6.45) is 2.57. The smallest absolute Gasteiger partial charge is 0.259 e. The molecule has 1 N–H and O–H groups in total. The van der Waals surface area contributed by atoms with Crippen LogP contribution in [0.4, 0.5) is 11.5 Å². The number of nitrogens with one attached hydrogen (secondary N) is 1. The number of rotatable bonds is 4. The molecule has 1 heterocycles. The van der Waals surface area contributed by atoms with Crippen LogP contribution in [0.15, 0.2) is 36.5 Å². The van der Waals surface area contributed by atoms with Crippen molar-refractivity contribution in [2.45, 2.75) is 20.3 Å². The minimum absolute atomic E-state index is 0.129. The average Bonchev–Trinajstić information content (AvgIpc) is 2.49. The van der Waals surface area contributed by atoms with Gasteiger partial charge >= 0.3 is 0 Å². The molecule has 0 saturated heterocycles. The zero-order valence-electron chi connectivity index (χ0n) is 13.0. The Labute approximate surface area is 125 Å². The highest BCUT2D eigenvalue weighted by Crippen LogP contribution is 2.23. The lowest BCUT2D eigenvalue weighted by Crippen LogP contribution is -2.20. The summed E-state index contributed by atoms with van der Waals surface area (Å²) in [7, 11) is 3.76. The standard InChI is InChI=1S/C17H21N3O/c1-5-13-9-6-8-12(2)15(13)19-17(21)14-10-7-11-18-16(14)20(3)4/h6-11H,5H2,1-4H3,(H,19,21). The molecule has 0 bridgehead atoms. The number of hydrogen-bond donors (Lipinski definition) is 1. The van der Waals surface area contributed by atoms with Crippen molar-refractivity contribution in [2.75, 3.05) is 24.3 Å². The highest BCUT2D eigenvalue weighted by Gasteiger charge is 2.15. The maximum Gasteiger partial charge on any atom is 0.259 e. The first-order chi connectivity index (χ1) is 10.0. The summed E-state index contributed by atoms with van der Waals surface area (Å²) < 4.78 is 0. The van der Waals surface area contributed by atoms with E-state index in [2.05, 4.69) is 17.2 Å². The van der Waals surface area contributed by atoms with Crippen LogP contribution in [0.25, 0.3) is 0 Å². The normalized spacial score (nSPS) is 10.3. The maximum absolute atomic E-state index is 12.6. The lowest BCUT2D eigenvalue weighted by Gasteiger charge is -2.17. The van der Waals surface area contributed by atoms with Gasteiger partial charge in [-0.1, -0.05) is 25.1 Å². The van der Waals surface area contributed by atoms with Crippen molar-refractivity contribution >= 4 is 17.4 Å². The summed E-state index contributed by atoms with van der Waals surface area (Å²) >= 11 is 0. The third kappa shape index (κ3) is 3.21. The molecule has 0 saturated carbocycles. The molecule has 1 amide bonds. The van der Waals surface area contributed by atoms with Crippen LogP contribution in [0.3, 0.4) is 0 Å². The lowest BCUT2D eigenvalue weighted by molar-refractivity contribution is 0.102. The molecule has 2 rings (SSSR count). The SMILES string of the molecule is CCc1cccc(C)c1NC(=O)c1cccnc1N(C)C. The van der Waals surface area contributed by atoms with E-state index in [-0.39, 0.29) is 5.91 Å². The molecule has 0 aliphatic carbocycles. The molecule has 0 fully saturated rings. The van der Waals surface area contributed by atoms with E-state index < -0.39 is 0 Å². The first-order valence-corrected chi connectivity index (χ1v) is 7.06. The molecule has 21 heavy (non-hydrogen) atoms. The first kappa shape index (κ1) is 15.0. The Morgan fingerprint density at radius 1 is 1.24 bits per heavy atom. The van der Waals surface area contributed by atoms with Crippen molar-refractivity contribution in [3.63, 3.8) is 0 Å². The summed E-state index contributed by atoms with van der Waals surface area (Å²) in [5.41, 5.74) is 3.68. The summed E-state index contributed by atoms with van der Waals surface area (Å²) in [5, 5.41) is 3.04. The second-order valence-electron chi connectivity index (χ2n) is 5.19. The lowest BCUT2D eigenvalue weighted by atomic mass is 10.1. The fraction of sp³-hybridized carbons (Fsp3) is 0.294. The van der Waals surface area contributed by atoms with Crippen molar-refractivity contribution < 1.29 is 4.79 Å². The molecular formula is C17H21N3O. The number of amides is 1. The van der Waals surface area contributed by atoms with Gasteiger partial charge in [0.15, 0.2) is 0 Å². The molecule has 1 aromatic carbocycles. The van der Waals surface area contributed by atoms with Gasteiger partial charge in [-0.05, 0) is 36.6 Å². The van der Waals surface area contributed by atoms with Gasteiger partial charge in [-0.2, -0.15) is 0 Å². The zero-order valence-corrected chi connectivity index (χ0v) is 13.0. The molecule has 0 unspecified atom stereocenters. The van der Waals surface area contributed by atoms with E-state index in [0.717, 1.165) is 23.2 Å². The van der Waals surface area contributed by atoms with Crippen molar-refractivity contribution in [1.82, 2.24) is 4.98 Å². The molecule has 4 nitrogen and oxygen atoms in total. The van der Waals surface area contributed by atoms with Gasteiger partial charge in [-0.3, -0.25) is 4.79 Å². The van der Waals surface area contributed by atoms with Gasteiger partial charge < -0.3 is 10.2 Å². The van der Waals surface area contributed by atoms with Crippen LogP contribution in [0, 0.1) is 6.92 Å². The van der Waals surface area contributed by atoms with Crippen molar-refractivity contribution in [1.29, 1.82) is 0 Å². The highest BCUT2D eigenvalue weighted by molar-refractivity contribution is 6.08. The van der Waals surface area contributed by atoms with Gasteiger partial charge in [0.2, 0.25) is 0 Å². The molecule has 0 radical (unpaired) electrons. The number of carbonyl (C=O) groups is 1.